The second-order valence-corrected chi connectivity index (χ2v) is 5.97. The minimum Gasteiger partial charge on any atom is -0.481 e. The monoisotopic (exact) mass is 291 g/mol. The van der Waals surface area contributed by atoms with Crippen LogP contribution >= 0.6 is 27.3 Å². The first-order chi connectivity index (χ1) is 7.00. The van der Waals surface area contributed by atoms with E-state index in [1.807, 2.05) is 19.2 Å². The van der Waals surface area contributed by atoms with E-state index in [1.54, 1.807) is 18.3 Å². The Kier molecular flexibility index (Phi) is 4.60. The Morgan fingerprint density at radius 1 is 1.67 bits per heavy atom. The number of nitrogens with zero attached hydrogens (tertiary/aromatic N) is 1. The lowest BCUT2D eigenvalue weighted by Crippen LogP contribution is -2.22. The van der Waals surface area contributed by atoms with E-state index < -0.39 is 5.97 Å². The van der Waals surface area contributed by atoms with E-state index >= 15 is 0 Å². The van der Waals surface area contributed by atoms with Gasteiger partial charge in [-0.05, 0) is 34.5 Å². The van der Waals surface area contributed by atoms with Crippen molar-refractivity contribution in [2.24, 2.45) is 5.92 Å². The second kappa shape index (κ2) is 5.51. The Morgan fingerprint density at radius 3 is 2.80 bits per heavy atom. The molecule has 1 atom stereocenters. The van der Waals surface area contributed by atoms with Crippen molar-refractivity contribution in [2.75, 3.05) is 18.5 Å². The standard InChI is InChI=1S/C10H14BrNO2S/c1-7(10(13)14)5-6-12(2)9-4-3-8(11)15-9/h3-4,7H,5-6H2,1-2H3,(H,13,14). The zero-order chi connectivity index (χ0) is 11.4. The summed E-state index contributed by atoms with van der Waals surface area (Å²) in [4.78, 5) is 12.7. The fraction of sp³-hybridized carbons (Fsp3) is 0.500. The van der Waals surface area contributed by atoms with Gasteiger partial charge in [0.1, 0.15) is 0 Å². The van der Waals surface area contributed by atoms with E-state index in [-0.39, 0.29) is 5.92 Å². The van der Waals surface area contributed by atoms with E-state index in [2.05, 4.69) is 20.8 Å². The number of hydrogen-bond donors (Lipinski definition) is 1. The molecule has 0 radical (unpaired) electrons. The van der Waals surface area contributed by atoms with Gasteiger partial charge < -0.3 is 10.0 Å². The molecule has 0 fully saturated rings. The zero-order valence-electron chi connectivity index (χ0n) is 8.74. The van der Waals surface area contributed by atoms with E-state index in [0.717, 1.165) is 15.3 Å². The van der Waals surface area contributed by atoms with Gasteiger partial charge in [0.05, 0.1) is 14.7 Å². The molecule has 1 aromatic rings. The number of carboxylic acids is 1. The third kappa shape index (κ3) is 3.83. The molecule has 3 nitrogen and oxygen atoms in total. The van der Waals surface area contributed by atoms with Crippen molar-refractivity contribution >= 4 is 38.2 Å². The molecule has 1 N–H and O–H groups in total. The smallest absolute Gasteiger partial charge is 0.306 e. The van der Waals surface area contributed by atoms with Gasteiger partial charge in [-0.3, -0.25) is 4.79 Å². The molecule has 0 spiro atoms. The summed E-state index contributed by atoms with van der Waals surface area (Å²) in [6.45, 7) is 2.50. The van der Waals surface area contributed by atoms with Gasteiger partial charge in [-0.1, -0.05) is 6.92 Å². The van der Waals surface area contributed by atoms with Crippen molar-refractivity contribution in [3.05, 3.63) is 15.9 Å². The number of carboxylic acid groups (broad SMARTS) is 1. The maximum Gasteiger partial charge on any atom is 0.306 e. The molecule has 0 amide bonds. The molecule has 1 aromatic heterocycles. The highest BCUT2D eigenvalue weighted by Gasteiger charge is 2.12. The summed E-state index contributed by atoms with van der Waals surface area (Å²) in [6.07, 6.45) is 0.668. The molecule has 0 bridgehead atoms. The molecule has 84 valence electrons. The molecule has 1 unspecified atom stereocenters. The van der Waals surface area contributed by atoms with E-state index in [1.165, 1.54) is 0 Å². The summed E-state index contributed by atoms with van der Waals surface area (Å²) in [7, 11) is 1.98. The minimum atomic E-state index is -0.726. The van der Waals surface area contributed by atoms with Crippen molar-refractivity contribution in [1.29, 1.82) is 0 Å². The zero-order valence-corrected chi connectivity index (χ0v) is 11.1. The van der Waals surface area contributed by atoms with Crippen LogP contribution in [-0.2, 0) is 4.79 Å². The van der Waals surface area contributed by atoms with Crippen LogP contribution in [-0.4, -0.2) is 24.7 Å². The number of hydrogen-bond acceptors (Lipinski definition) is 3. The molecule has 0 saturated carbocycles. The summed E-state index contributed by atoms with van der Waals surface area (Å²) in [6, 6.07) is 4.03. The third-order valence-electron chi connectivity index (χ3n) is 2.25. The Hall–Kier alpha value is -0.550. The molecule has 0 saturated heterocycles. The fourth-order valence-electron chi connectivity index (χ4n) is 1.13. The van der Waals surface area contributed by atoms with Gasteiger partial charge >= 0.3 is 5.97 Å². The summed E-state index contributed by atoms with van der Waals surface area (Å²) in [5.41, 5.74) is 0. The molecule has 15 heavy (non-hydrogen) atoms. The van der Waals surface area contributed by atoms with E-state index in [9.17, 15) is 4.79 Å². The van der Waals surface area contributed by atoms with Crippen LogP contribution in [0.1, 0.15) is 13.3 Å². The maximum atomic E-state index is 10.6. The number of halogens is 1. The first-order valence-corrected chi connectivity index (χ1v) is 6.31. The van der Waals surface area contributed by atoms with Crippen LogP contribution < -0.4 is 4.90 Å². The Bertz CT molecular complexity index is 340. The molecule has 0 aliphatic heterocycles. The first kappa shape index (κ1) is 12.5. The van der Waals surface area contributed by atoms with Crippen molar-refractivity contribution in [3.63, 3.8) is 0 Å². The summed E-state index contributed by atoms with van der Waals surface area (Å²) < 4.78 is 1.09. The van der Waals surface area contributed by atoms with Crippen molar-refractivity contribution in [3.8, 4) is 0 Å². The molecule has 1 rings (SSSR count). The van der Waals surface area contributed by atoms with Crippen LogP contribution in [0.15, 0.2) is 15.9 Å². The van der Waals surface area contributed by atoms with Gasteiger partial charge in [0.15, 0.2) is 0 Å². The predicted molar refractivity (Wildman–Crippen MR) is 66.7 cm³/mol. The van der Waals surface area contributed by atoms with Gasteiger partial charge in [0.25, 0.3) is 0 Å². The number of carbonyl (C=O) groups is 1. The Balaban J connectivity index is 2.43. The largest absolute Gasteiger partial charge is 0.481 e. The number of anilines is 1. The van der Waals surface area contributed by atoms with Gasteiger partial charge in [0.2, 0.25) is 0 Å². The van der Waals surface area contributed by atoms with Gasteiger partial charge in [0, 0.05) is 13.6 Å². The molecule has 5 heteroatoms. The fourth-order valence-corrected chi connectivity index (χ4v) is 2.48. The van der Waals surface area contributed by atoms with Crippen LogP contribution in [0.3, 0.4) is 0 Å². The van der Waals surface area contributed by atoms with Gasteiger partial charge in [-0.2, -0.15) is 0 Å². The number of aliphatic carboxylic acids is 1. The lowest BCUT2D eigenvalue weighted by molar-refractivity contribution is -0.141. The first-order valence-electron chi connectivity index (χ1n) is 4.70. The Labute approximate surface area is 102 Å². The molecule has 0 aromatic carbocycles. The third-order valence-corrected chi connectivity index (χ3v) is 3.99. The topological polar surface area (TPSA) is 40.5 Å². The van der Waals surface area contributed by atoms with Crippen molar-refractivity contribution < 1.29 is 9.90 Å². The average Bonchev–Trinajstić information content (AvgIpc) is 2.60. The molecular weight excluding hydrogens is 278 g/mol. The lowest BCUT2D eigenvalue weighted by atomic mass is 10.1. The average molecular weight is 292 g/mol. The van der Waals surface area contributed by atoms with Crippen LogP contribution in [0.25, 0.3) is 0 Å². The lowest BCUT2D eigenvalue weighted by Gasteiger charge is -2.17. The second-order valence-electron chi connectivity index (χ2n) is 3.53. The quantitative estimate of drug-likeness (QED) is 0.906. The van der Waals surface area contributed by atoms with Crippen molar-refractivity contribution in [1.82, 2.24) is 0 Å². The van der Waals surface area contributed by atoms with Crippen LogP contribution in [0.5, 0.6) is 0 Å². The van der Waals surface area contributed by atoms with Gasteiger partial charge in [-0.15, -0.1) is 11.3 Å². The number of rotatable bonds is 5. The highest BCUT2D eigenvalue weighted by atomic mass is 79.9. The van der Waals surface area contributed by atoms with Crippen LogP contribution in [0, 0.1) is 5.92 Å². The molecule has 0 aliphatic carbocycles. The minimum absolute atomic E-state index is 0.282. The predicted octanol–water partition coefficient (Wildman–Crippen LogP) is 3.06. The molecule has 1 heterocycles. The highest BCUT2D eigenvalue weighted by Crippen LogP contribution is 2.29. The summed E-state index contributed by atoms with van der Waals surface area (Å²) in [5.74, 6) is -1.01. The van der Waals surface area contributed by atoms with E-state index in [0.29, 0.717) is 6.42 Å². The van der Waals surface area contributed by atoms with Crippen molar-refractivity contribution in [2.45, 2.75) is 13.3 Å². The highest BCUT2D eigenvalue weighted by molar-refractivity contribution is 9.11. The normalized spacial score (nSPS) is 12.5. The molecular formula is C10H14BrNO2S. The van der Waals surface area contributed by atoms with Crippen LogP contribution in [0.4, 0.5) is 5.00 Å². The maximum absolute atomic E-state index is 10.6. The SMILES string of the molecule is CC(CCN(C)c1ccc(Br)s1)C(=O)O. The Morgan fingerprint density at radius 2 is 2.33 bits per heavy atom. The molecule has 0 aliphatic rings. The van der Waals surface area contributed by atoms with Gasteiger partial charge in [-0.25, -0.2) is 0 Å². The number of thiophene rings is 1. The van der Waals surface area contributed by atoms with E-state index in [4.69, 9.17) is 5.11 Å². The summed E-state index contributed by atoms with van der Waals surface area (Å²) in [5, 5.41) is 9.90. The summed E-state index contributed by atoms with van der Waals surface area (Å²) >= 11 is 5.05. The van der Waals surface area contributed by atoms with Crippen LogP contribution in [0.2, 0.25) is 0 Å².